The van der Waals surface area contributed by atoms with Crippen LogP contribution in [0.3, 0.4) is 0 Å². The van der Waals surface area contributed by atoms with E-state index in [1.165, 1.54) is 25.4 Å². The minimum atomic E-state index is -1.11. The molecule has 0 bridgehead atoms. The zero-order chi connectivity index (χ0) is 11.4. The van der Waals surface area contributed by atoms with E-state index in [2.05, 4.69) is 10.3 Å². The van der Waals surface area contributed by atoms with Gasteiger partial charge in [0.15, 0.2) is 0 Å². The minimum Gasteiger partial charge on any atom is -0.480 e. The summed E-state index contributed by atoms with van der Waals surface area (Å²) < 4.78 is 0. The van der Waals surface area contributed by atoms with Crippen LogP contribution in [0, 0.1) is 0 Å². The van der Waals surface area contributed by atoms with Gasteiger partial charge >= 0.3 is 5.97 Å². The smallest absolute Gasteiger partial charge is 0.325 e. The second kappa shape index (κ2) is 4.75. The molecule has 0 saturated carbocycles. The van der Waals surface area contributed by atoms with Gasteiger partial charge in [-0.15, -0.1) is 0 Å². The van der Waals surface area contributed by atoms with E-state index in [0.29, 0.717) is 0 Å². The molecule has 1 atom stereocenters. The van der Waals surface area contributed by atoms with E-state index in [-0.39, 0.29) is 10.6 Å². The number of nitrogens with one attached hydrogen (secondary N) is 1. The molecule has 0 aliphatic rings. The zero-order valence-corrected chi connectivity index (χ0v) is 8.65. The third kappa shape index (κ3) is 2.92. The second-order valence-electron chi connectivity index (χ2n) is 2.89. The molecule has 80 valence electrons. The highest BCUT2D eigenvalue weighted by molar-refractivity contribution is 6.33. The van der Waals surface area contributed by atoms with Crippen molar-refractivity contribution in [3.63, 3.8) is 0 Å². The summed E-state index contributed by atoms with van der Waals surface area (Å²) in [6.07, 6.45) is 2.73. The summed E-state index contributed by atoms with van der Waals surface area (Å²) in [6.45, 7) is 1.37. The van der Waals surface area contributed by atoms with Crippen LogP contribution in [0.1, 0.15) is 17.3 Å². The Morgan fingerprint density at radius 2 is 2.27 bits per heavy atom. The van der Waals surface area contributed by atoms with Gasteiger partial charge in [-0.05, 0) is 13.0 Å². The number of aliphatic carboxylic acids is 1. The first-order valence-electron chi connectivity index (χ1n) is 4.15. The maximum atomic E-state index is 11.5. The van der Waals surface area contributed by atoms with Gasteiger partial charge in [0.1, 0.15) is 6.04 Å². The predicted octanol–water partition coefficient (Wildman–Crippen LogP) is 0.938. The standard InChI is InChI=1S/C9H9ClN2O3/c1-5(9(14)15)12-8(13)6-4-11-3-2-7(6)10/h2-5H,1H3,(H,12,13)(H,14,15)/t5-/m1/s1. The van der Waals surface area contributed by atoms with Crippen molar-refractivity contribution in [3.05, 3.63) is 29.0 Å². The van der Waals surface area contributed by atoms with Crippen LogP contribution in [-0.4, -0.2) is 28.0 Å². The molecule has 1 aromatic rings. The maximum absolute atomic E-state index is 11.5. The van der Waals surface area contributed by atoms with Gasteiger partial charge in [-0.2, -0.15) is 0 Å². The lowest BCUT2D eigenvalue weighted by Gasteiger charge is -2.09. The Hall–Kier alpha value is -1.62. The van der Waals surface area contributed by atoms with Crippen molar-refractivity contribution in [3.8, 4) is 0 Å². The molecule has 1 aromatic heterocycles. The number of aromatic nitrogens is 1. The van der Waals surface area contributed by atoms with Crippen LogP contribution in [0.25, 0.3) is 0 Å². The largest absolute Gasteiger partial charge is 0.480 e. The Morgan fingerprint density at radius 1 is 1.60 bits per heavy atom. The number of rotatable bonds is 3. The van der Waals surface area contributed by atoms with Crippen molar-refractivity contribution in [2.75, 3.05) is 0 Å². The van der Waals surface area contributed by atoms with Gasteiger partial charge < -0.3 is 10.4 Å². The first-order valence-corrected chi connectivity index (χ1v) is 4.53. The normalized spacial score (nSPS) is 11.9. The van der Waals surface area contributed by atoms with Gasteiger partial charge in [-0.1, -0.05) is 11.6 Å². The summed E-state index contributed by atoms with van der Waals surface area (Å²) >= 11 is 5.73. The quantitative estimate of drug-likeness (QED) is 0.807. The summed E-state index contributed by atoms with van der Waals surface area (Å²) in [4.78, 5) is 25.7. The topological polar surface area (TPSA) is 79.3 Å². The molecule has 1 rings (SSSR count). The Balaban J connectivity index is 2.78. The third-order valence-corrected chi connectivity index (χ3v) is 2.06. The van der Waals surface area contributed by atoms with Crippen LogP contribution in [0.2, 0.25) is 5.02 Å². The summed E-state index contributed by atoms with van der Waals surface area (Å²) in [6, 6.07) is 0.496. The molecule has 0 aliphatic carbocycles. The monoisotopic (exact) mass is 228 g/mol. The van der Waals surface area contributed by atoms with Crippen LogP contribution in [0.5, 0.6) is 0 Å². The number of amides is 1. The van der Waals surface area contributed by atoms with Gasteiger partial charge in [0.05, 0.1) is 10.6 Å². The van der Waals surface area contributed by atoms with Crippen molar-refractivity contribution >= 4 is 23.5 Å². The fraction of sp³-hybridized carbons (Fsp3) is 0.222. The molecule has 2 N–H and O–H groups in total. The van der Waals surface area contributed by atoms with Crippen LogP contribution in [0.4, 0.5) is 0 Å². The molecule has 5 nitrogen and oxygen atoms in total. The lowest BCUT2D eigenvalue weighted by atomic mass is 10.2. The van der Waals surface area contributed by atoms with Crippen LogP contribution < -0.4 is 5.32 Å². The first-order chi connectivity index (χ1) is 7.02. The van der Waals surface area contributed by atoms with E-state index in [0.717, 1.165) is 0 Å². The molecule has 0 saturated heterocycles. The molecule has 0 fully saturated rings. The van der Waals surface area contributed by atoms with Gasteiger partial charge in [-0.3, -0.25) is 14.6 Å². The van der Waals surface area contributed by atoms with E-state index in [9.17, 15) is 9.59 Å². The van der Waals surface area contributed by atoms with Crippen molar-refractivity contribution < 1.29 is 14.7 Å². The molecular formula is C9H9ClN2O3. The first kappa shape index (κ1) is 11.5. The van der Waals surface area contributed by atoms with Gasteiger partial charge in [-0.25, -0.2) is 0 Å². The number of carboxylic acids is 1. The van der Waals surface area contributed by atoms with Crippen molar-refractivity contribution in [2.24, 2.45) is 0 Å². The molecule has 1 heterocycles. The Labute approximate surface area is 91.1 Å². The number of carboxylic acid groups (broad SMARTS) is 1. The Kier molecular flexibility index (Phi) is 3.62. The summed E-state index contributed by atoms with van der Waals surface area (Å²) in [5.74, 6) is -1.66. The van der Waals surface area contributed by atoms with Crippen molar-refractivity contribution in [1.29, 1.82) is 0 Å². The summed E-state index contributed by atoms with van der Waals surface area (Å²) in [7, 11) is 0. The molecule has 1 amide bonds. The highest BCUT2D eigenvalue weighted by Crippen LogP contribution is 2.13. The third-order valence-electron chi connectivity index (χ3n) is 1.73. The number of carbonyl (C=O) groups excluding carboxylic acids is 1. The fourth-order valence-electron chi connectivity index (χ4n) is 0.881. The molecule has 15 heavy (non-hydrogen) atoms. The summed E-state index contributed by atoms with van der Waals surface area (Å²) in [5.41, 5.74) is 0.160. The average molecular weight is 229 g/mol. The molecule has 0 spiro atoms. The van der Waals surface area contributed by atoms with Crippen molar-refractivity contribution in [2.45, 2.75) is 13.0 Å². The Morgan fingerprint density at radius 3 is 2.80 bits per heavy atom. The molecule has 0 radical (unpaired) electrons. The maximum Gasteiger partial charge on any atom is 0.325 e. The molecule has 0 aromatic carbocycles. The fourth-order valence-corrected chi connectivity index (χ4v) is 1.07. The Bertz CT molecular complexity index is 395. The number of pyridine rings is 1. The number of nitrogens with zero attached hydrogens (tertiary/aromatic N) is 1. The lowest BCUT2D eigenvalue weighted by Crippen LogP contribution is -2.38. The zero-order valence-electron chi connectivity index (χ0n) is 7.90. The van der Waals surface area contributed by atoms with Gasteiger partial charge in [0.2, 0.25) is 0 Å². The number of hydrogen-bond donors (Lipinski definition) is 2. The number of carbonyl (C=O) groups is 2. The highest BCUT2D eigenvalue weighted by atomic mass is 35.5. The van der Waals surface area contributed by atoms with E-state index in [1.807, 2.05) is 0 Å². The number of hydrogen-bond acceptors (Lipinski definition) is 3. The van der Waals surface area contributed by atoms with Crippen LogP contribution >= 0.6 is 11.6 Å². The lowest BCUT2D eigenvalue weighted by molar-refractivity contribution is -0.138. The van der Waals surface area contributed by atoms with Crippen LogP contribution in [-0.2, 0) is 4.79 Å². The molecule has 6 heteroatoms. The number of halogens is 1. The molecule has 0 unspecified atom stereocenters. The van der Waals surface area contributed by atoms with E-state index in [4.69, 9.17) is 16.7 Å². The van der Waals surface area contributed by atoms with Crippen molar-refractivity contribution in [1.82, 2.24) is 10.3 Å². The molecule has 0 aliphatic heterocycles. The van der Waals surface area contributed by atoms with Crippen LogP contribution in [0.15, 0.2) is 18.5 Å². The van der Waals surface area contributed by atoms with Gasteiger partial charge in [0.25, 0.3) is 5.91 Å². The van der Waals surface area contributed by atoms with E-state index in [1.54, 1.807) is 0 Å². The predicted molar refractivity (Wildman–Crippen MR) is 53.8 cm³/mol. The average Bonchev–Trinajstić information content (AvgIpc) is 2.18. The highest BCUT2D eigenvalue weighted by Gasteiger charge is 2.16. The SMILES string of the molecule is C[C@@H](NC(=O)c1cnccc1Cl)C(=O)O. The summed E-state index contributed by atoms with van der Waals surface area (Å²) in [5, 5.41) is 11.1. The van der Waals surface area contributed by atoms with Gasteiger partial charge in [0, 0.05) is 12.4 Å². The molecular weight excluding hydrogens is 220 g/mol. The van der Waals surface area contributed by atoms with E-state index >= 15 is 0 Å². The minimum absolute atomic E-state index is 0.160. The van der Waals surface area contributed by atoms with E-state index < -0.39 is 17.9 Å². The second-order valence-corrected chi connectivity index (χ2v) is 3.30.